The van der Waals surface area contributed by atoms with Gasteiger partial charge in [-0.05, 0) is 94.3 Å². The molecule has 0 bridgehead atoms. The Morgan fingerprint density at radius 1 is 1.08 bits per heavy atom. The first kappa shape index (κ1) is 28.7. The number of nitrogens with one attached hydrogen (secondary N) is 1. The van der Waals surface area contributed by atoms with E-state index in [1.54, 1.807) is 42.5 Å². The van der Waals surface area contributed by atoms with Crippen LogP contribution in [0.15, 0.2) is 59.5 Å². The summed E-state index contributed by atoms with van der Waals surface area (Å²) >= 11 is 0. The number of hydrogen-bond acceptors (Lipinski definition) is 5. The molecule has 1 N–H and O–H groups in total. The van der Waals surface area contributed by atoms with Gasteiger partial charge in [-0.25, -0.2) is 12.8 Å². The maximum Gasteiger partial charge on any atom is 0.246 e. The first-order valence-corrected chi connectivity index (χ1v) is 15.0. The molecule has 2 aliphatic rings. The lowest BCUT2D eigenvalue weighted by molar-refractivity contribution is -0.128. The quantitative estimate of drug-likeness (QED) is 0.484. The van der Waals surface area contributed by atoms with Gasteiger partial charge >= 0.3 is 0 Å². The molecule has 2 unspecified atom stereocenters. The Morgan fingerprint density at radius 2 is 1.82 bits per heavy atom. The summed E-state index contributed by atoms with van der Waals surface area (Å²) in [7, 11) is 0.529. The van der Waals surface area contributed by atoms with Crippen molar-refractivity contribution >= 4 is 15.9 Å². The van der Waals surface area contributed by atoms with Gasteiger partial charge in [-0.2, -0.15) is 4.31 Å². The number of sulfonamides is 1. The van der Waals surface area contributed by atoms with E-state index in [0.29, 0.717) is 31.3 Å². The van der Waals surface area contributed by atoms with Crippen molar-refractivity contribution in [2.45, 2.75) is 55.6 Å². The summed E-state index contributed by atoms with van der Waals surface area (Å²) in [6, 6.07) is 15.5. The molecule has 1 aliphatic carbocycles. The van der Waals surface area contributed by atoms with Crippen LogP contribution in [-0.2, 0) is 19.6 Å². The summed E-state index contributed by atoms with van der Waals surface area (Å²) in [6.07, 6.45) is 5.23. The zero-order valence-corrected chi connectivity index (χ0v) is 23.2. The normalized spacial score (nSPS) is 23.7. The van der Waals surface area contributed by atoms with Crippen LogP contribution >= 0.6 is 0 Å². The van der Waals surface area contributed by atoms with Crippen molar-refractivity contribution in [3.8, 4) is 0 Å². The monoisotopic (exact) mass is 545 g/mol. The van der Waals surface area contributed by atoms with Crippen molar-refractivity contribution in [2.24, 2.45) is 11.8 Å². The molecule has 9 heteroatoms. The Hall–Kier alpha value is -2.33. The number of benzene rings is 2. The lowest BCUT2D eigenvalue weighted by Crippen LogP contribution is -2.44. The number of carbonyl (C=O) groups is 1. The second-order valence-corrected chi connectivity index (χ2v) is 12.7. The number of piperidine rings is 1. The van der Waals surface area contributed by atoms with Crippen molar-refractivity contribution in [3.63, 3.8) is 0 Å². The average molecular weight is 546 g/mol. The van der Waals surface area contributed by atoms with Crippen molar-refractivity contribution in [1.29, 1.82) is 0 Å². The molecule has 2 aromatic rings. The molecule has 4 rings (SSSR count). The number of amides is 1. The molecule has 7 nitrogen and oxygen atoms in total. The predicted molar refractivity (Wildman–Crippen MR) is 145 cm³/mol. The standard InChI is InChI=1S/C29H40FN3O4S/c1-32(2)29(24-8-6-9-25(30)18-24)23-15-13-22(14-16-23)19-31-28(34)21-37-26-10-7-17-33(20-26)38(35,36)27-11-4-3-5-12-27/h3-6,8-9,11-12,18,22-23,26,29H,7,10,13-17,19-21H2,1-2H3,(H,31,34). The summed E-state index contributed by atoms with van der Waals surface area (Å²) in [6.45, 7) is 1.26. The minimum atomic E-state index is -3.56. The van der Waals surface area contributed by atoms with Gasteiger partial charge in [-0.15, -0.1) is 0 Å². The Morgan fingerprint density at radius 3 is 2.50 bits per heavy atom. The molecule has 2 atom stereocenters. The van der Waals surface area contributed by atoms with E-state index in [0.717, 1.165) is 37.7 Å². The van der Waals surface area contributed by atoms with E-state index >= 15 is 0 Å². The minimum absolute atomic E-state index is 0.0679. The highest BCUT2D eigenvalue weighted by molar-refractivity contribution is 7.89. The molecule has 0 radical (unpaired) electrons. The highest BCUT2D eigenvalue weighted by Gasteiger charge is 2.32. The fourth-order valence-electron chi connectivity index (χ4n) is 5.89. The third-order valence-corrected chi connectivity index (χ3v) is 9.72. The van der Waals surface area contributed by atoms with Crippen molar-refractivity contribution in [3.05, 3.63) is 66.0 Å². The molecule has 1 saturated carbocycles. The Labute approximate surface area is 226 Å². The van der Waals surface area contributed by atoms with Gasteiger partial charge < -0.3 is 15.0 Å². The number of ether oxygens (including phenoxy) is 1. The summed E-state index contributed by atoms with van der Waals surface area (Å²) in [5, 5.41) is 3.01. The molecule has 0 spiro atoms. The average Bonchev–Trinajstić information content (AvgIpc) is 2.92. The highest BCUT2D eigenvalue weighted by atomic mass is 32.2. The van der Waals surface area contributed by atoms with E-state index < -0.39 is 10.0 Å². The predicted octanol–water partition coefficient (Wildman–Crippen LogP) is 4.22. The summed E-state index contributed by atoms with van der Waals surface area (Å²) in [4.78, 5) is 15.0. The topological polar surface area (TPSA) is 79.0 Å². The molecular formula is C29H40FN3O4S. The Kier molecular flexibility index (Phi) is 9.92. The first-order valence-electron chi connectivity index (χ1n) is 13.6. The van der Waals surface area contributed by atoms with Gasteiger partial charge in [0.15, 0.2) is 0 Å². The van der Waals surface area contributed by atoms with Gasteiger partial charge in [0.05, 0.1) is 11.0 Å². The zero-order chi connectivity index (χ0) is 27.1. The van der Waals surface area contributed by atoms with E-state index in [9.17, 15) is 17.6 Å². The fraction of sp³-hybridized carbons (Fsp3) is 0.552. The van der Waals surface area contributed by atoms with Crippen LogP contribution in [-0.4, -0.2) is 70.0 Å². The van der Waals surface area contributed by atoms with Gasteiger partial charge in [-0.3, -0.25) is 4.79 Å². The van der Waals surface area contributed by atoms with Crippen LogP contribution in [0.25, 0.3) is 0 Å². The van der Waals surface area contributed by atoms with Gasteiger partial charge in [0, 0.05) is 25.7 Å². The van der Waals surface area contributed by atoms with Crippen LogP contribution in [0.1, 0.15) is 50.1 Å². The van der Waals surface area contributed by atoms with Gasteiger partial charge in [0.2, 0.25) is 15.9 Å². The number of carbonyl (C=O) groups excluding carboxylic acids is 1. The fourth-order valence-corrected chi connectivity index (χ4v) is 7.43. The van der Waals surface area contributed by atoms with Crippen LogP contribution < -0.4 is 5.32 Å². The van der Waals surface area contributed by atoms with E-state index in [1.165, 1.54) is 10.4 Å². The van der Waals surface area contributed by atoms with Gasteiger partial charge in [0.1, 0.15) is 12.4 Å². The van der Waals surface area contributed by atoms with Gasteiger partial charge in [-0.1, -0.05) is 30.3 Å². The molecule has 2 fully saturated rings. The molecule has 38 heavy (non-hydrogen) atoms. The third kappa shape index (κ3) is 7.40. The summed E-state index contributed by atoms with van der Waals surface area (Å²) < 4.78 is 46.9. The van der Waals surface area contributed by atoms with E-state index in [2.05, 4.69) is 10.2 Å². The molecule has 1 amide bonds. The molecule has 1 aliphatic heterocycles. The van der Waals surface area contributed by atoms with E-state index in [1.807, 2.05) is 20.2 Å². The van der Waals surface area contributed by atoms with Crippen molar-refractivity contribution < 1.29 is 22.3 Å². The number of hydrogen-bond donors (Lipinski definition) is 1. The SMILES string of the molecule is CN(C)C(c1cccc(F)c1)C1CCC(CNC(=O)COC2CCCN(S(=O)(=O)c3ccccc3)C2)CC1. The maximum atomic E-state index is 13.8. The zero-order valence-electron chi connectivity index (χ0n) is 22.4. The minimum Gasteiger partial charge on any atom is -0.367 e. The molecular weight excluding hydrogens is 505 g/mol. The number of halogens is 1. The Balaban J connectivity index is 1.19. The van der Waals surface area contributed by atoms with Crippen LogP contribution in [0.3, 0.4) is 0 Å². The molecule has 208 valence electrons. The molecule has 1 heterocycles. The summed E-state index contributed by atoms with van der Waals surface area (Å²) in [5.41, 5.74) is 1.02. The highest BCUT2D eigenvalue weighted by Crippen LogP contribution is 2.39. The third-order valence-electron chi connectivity index (χ3n) is 7.84. The van der Waals surface area contributed by atoms with E-state index in [-0.39, 0.29) is 41.9 Å². The lowest BCUT2D eigenvalue weighted by atomic mass is 9.76. The Bertz CT molecular complexity index is 1150. The van der Waals surface area contributed by atoms with E-state index in [4.69, 9.17) is 4.74 Å². The largest absolute Gasteiger partial charge is 0.367 e. The maximum absolute atomic E-state index is 13.8. The molecule has 1 saturated heterocycles. The first-order chi connectivity index (χ1) is 18.2. The molecule has 2 aromatic carbocycles. The smallest absolute Gasteiger partial charge is 0.246 e. The van der Waals surface area contributed by atoms with Gasteiger partial charge in [0.25, 0.3) is 0 Å². The molecule has 0 aromatic heterocycles. The number of nitrogens with zero attached hydrogens (tertiary/aromatic N) is 2. The van der Waals surface area contributed by atoms with Crippen LogP contribution in [0.2, 0.25) is 0 Å². The van der Waals surface area contributed by atoms with Crippen molar-refractivity contribution in [2.75, 3.05) is 40.3 Å². The summed E-state index contributed by atoms with van der Waals surface area (Å²) in [5.74, 6) is 0.489. The second kappa shape index (κ2) is 13.2. The van der Waals surface area contributed by atoms with Crippen LogP contribution in [0.5, 0.6) is 0 Å². The van der Waals surface area contributed by atoms with Crippen molar-refractivity contribution in [1.82, 2.24) is 14.5 Å². The van der Waals surface area contributed by atoms with Crippen LogP contribution in [0.4, 0.5) is 4.39 Å². The second-order valence-electron chi connectivity index (χ2n) is 10.8. The lowest BCUT2D eigenvalue weighted by Gasteiger charge is -2.37. The number of rotatable bonds is 10. The van der Waals surface area contributed by atoms with Crippen LogP contribution in [0, 0.1) is 17.7 Å².